The van der Waals surface area contributed by atoms with Gasteiger partial charge in [0.2, 0.25) is 0 Å². The van der Waals surface area contributed by atoms with Gasteiger partial charge in [0.05, 0.1) is 5.60 Å². The lowest BCUT2D eigenvalue weighted by molar-refractivity contribution is -0.151. The van der Waals surface area contributed by atoms with Gasteiger partial charge in [0.25, 0.3) is 0 Å². The van der Waals surface area contributed by atoms with E-state index < -0.39 is 5.60 Å². The maximum Gasteiger partial charge on any atom is 0.133 e. The number of ketones is 1. The van der Waals surface area contributed by atoms with E-state index in [1.165, 1.54) is 70.6 Å². The van der Waals surface area contributed by atoms with E-state index in [9.17, 15) is 9.90 Å². The second-order valence-corrected chi connectivity index (χ2v) is 12.6. The molecule has 4 aliphatic carbocycles. The lowest BCUT2D eigenvalue weighted by Gasteiger charge is -2.63. The van der Waals surface area contributed by atoms with Crippen molar-refractivity contribution in [3.63, 3.8) is 0 Å². The van der Waals surface area contributed by atoms with Gasteiger partial charge in [-0.25, -0.2) is 0 Å². The van der Waals surface area contributed by atoms with Crippen LogP contribution in [-0.2, 0) is 4.79 Å². The van der Waals surface area contributed by atoms with Gasteiger partial charge in [-0.1, -0.05) is 40.5 Å². The van der Waals surface area contributed by atoms with Crippen molar-refractivity contribution >= 4 is 5.78 Å². The van der Waals surface area contributed by atoms with Crippen molar-refractivity contribution in [3.05, 3.63) is 0 Å². The summed E-state index contributed by atoms with van der Waals surface area (Å²) in [7, 11) is 0. The summed E-state index contributed by atoms with van der Waals surface area (Å²) in [5.41, 5.74) is 0.478. The first-order chi connectivity index (χ1) is 13.6. The Kier molecular flexibility index (Phi) is 7.18. The first-order valence-corrected chi connectivity index (χ1v) is 12.9. The van der Waals surface area contributed by atoms with Crippen molar-refractivity contribution < 1.29 is 9.90 Å². The maximum absolute atomic E-state index is 12.1. The summed E-state index contributed by atoms with van der Waals surface area (Å²) in [6.07, 6.45) is 17.5. The number of rotatable bonds is 5. The minimum atomic E-state index is -0.507. The Balaban J connectivity index is 0.00000256. The van der Waals surface area contributed by atoms with Gasteiger partial charge in [-0.15, -0.1) is 0 Å². The van der Waals surface area contributed by atoms with Gasteiger partial charge < -0.3 is 5.11 Å². The number of hydrogen-bond donors (Lipinski definition) is 1. The van der Waals surface area contributed by atoms with E-state index in [1.807, 2.05) is 13.8 Å². The van der Waals surface area contributed by atoms with Crippen LogP contribution >= 0.6 is 0 Å². The Morgan fingerprint density at radius 3 is 2.43 bits per heavy atom. The fourth-order valence-corrected chi connectivity index (χ4v) is 8.78. The normalized spacial score (nSPS) is 43.8. The van der Waals surface area contributed by atoms with Crippen LogP contribution in [0, 0.1) is 40.4 Å². The Bertz CT molecular complexity index is 604. The first kappa shape index (κ1) is 24.3. The highest BCUT2D eigenvalue weighted by molar-refractivity contribution is 5.79. The quantitative estimate of drug-likeness (QED) is 0.467. The highest BCUT2D eigenvalue weighted by Crippen LogP contribution is 2.66. The van der Waals surface area contributed by atoms with E-state index in [1.54, 1.807) is 0 Å². The molecule has 0 bridgehead atoms. The maximum atomic E-state index is 12.1. The zero-order valence-electron chi connectivity index (χ0n) is 19.6. The molecule has 0 aromatic rings. The van der Waals surface area contributed by atoms with Crippen LogP contribution in [0.2, 0.25) is 0 Å². The van der Waals surface area contributed by atoms with Gasteiger partial charge in [0.15, 0.2) is 0 Å². The van der Waals surface area contributed by atoms with Crippen LogP contribution in [-0.4, -0.2) is 16.5 Å². The minimum Gasteiger partial charge on any atom is -0.390 e. The van der Waals surface area contributed by atoms with Crippen molar-refractivity contribution in [2.75, 3.05) is 0 Å². The second-order valence-electron chi connectivity index (χ2n) is 12.6. The number of hydrogen-bond acceptors (Lipinski definition) is 2. The van der Waals surface area contributed by atoms with Crippen molar-refractivity contribution in [1.29, 1.82) is 0 Å². The predicted molar refractivity (Wildman–Crippen MR) is 126 cm³/mol. The molecule has 5 unspecified atom stereocenters. The molecule has 0 amide bonds. The average molecular weight is 419 g/mol. The summed E-state index contributed by atoms with van der Waals surface area (Å²) in [5.74, 6) is 4.82. The summed E-state index contributed by atoms with van der Waals surface area (Å²) in [6.45, 7) is 9.12. The first-order valence-electron chi connectivity index (χ1n) is 12.9. The Morgan fingerprint density at radius 1 is 0.967 bits per heavy atom. The lowest BCUT2D eigenvalue weighted by Crippen LogP contribution is -2.56. The van der Waals surface area contributed by atoms with Crippen molar-refractivity contribution in [1.82, 2.24) is 0 Å². The largest absolute Gasteiger partial charge is 0.390 e. The van der Waals surface area contributed by atoms with E-state index in [4.69, 9.17) is 0 Å². The van der Waals surface area contributed by atoms with E-state index in [0.29, 0.717) is 22.5 Å². The Labute approximate surface area is 187 Å². The van der Waals surface area contributed by atoms with Crippen LogP contribution in [0.25, 0.3) is 0 Å². The molecule has 4 aliphatic rings. The van der Waals surface area contributed by atoms with Gasteiger partial charge in [-0.3, -0.25) is 4.79 Å². The summed E-state index contributed by atoms with van der Waals surface area (Å²) in [4.78, 5) is 12.1. The van der Waals surface area contributed by atoms with E-state index in [2.05, 4.69) is 13.8 Å². The third-order valence-corrected chi connectivity index (χ3v) is 10.5. The summed E-state index contributed by atoms with van der Waals surface area (Å²) in [6, 6.07) is 0. The third-order valence-electron chi connectivity index (χ3n) is 10.5. The molecule has 4 rings (SSSR count). The van der Waals surface area contributed by atoms with Crippen molar-refractivity contribution in [3.8, 4) is 0 Å². The third kappa shape index (κ3) is 4.41. The highest BCUT2D eigenvalue weighted by Gasteiger charge is 2.58. The van der Waals surface area contributed by atoms with E-state index in [0.717, 1.165) is 42.9 Å². The van der Waals surface area contributed by atoms with Crippen LogP contribution in [0.4, 0.5) is 0 Å². The monoisotopic (exact) mass is 418 g/mol. The molecule has 1 N–H and O–H groups in total. The van der Waals surface area contributed by atoms with Crippen LogP contribution in [0.1, 0.15) is 125 Å². The molecule has 174 valence electrons. The van der Waals surface area contributed by atoms with E-state index in [-0.39, 0.29) is 7.43 Å². The molecule has 4 fully saturated rings. The number of aliphatic hydroxyl groups is 1. The minimum absolute atomic E-state index is 0. The topological polar surface area (TPSA) is 37.3 Å². The molecular weight excluding hydrogens is 368 g/mol. The van der Waals surface area contributed by atoms with Crippen LogP contribution in [0.15, 0.2) is 0 Å². The molecule has 0 aromatic heterocycles. The van der Waals surface area contributed by atoms with Crippen LogP contribution < -0.4 is 0 Å². The number of unbranched alkanes of at least 4 members (excludes halogenated alkanes) is 1. The zero-order chi connectivity index (χ0) is 20.9. The highest BCUT2D eigenvalue weighted by atomic mass is 16.3. The van der Waals surface area contributed by atoms with Gasteiger partial charge in [-0.05, 0) is 112 Å². The molecule has 30 heavy (non-hydrogen) atoms. The predicted octanol–water partition coefficient (Wildman–Crippen LogP) is 7.57. The van der Waals surface area contributed by atoms with E-state index >= 15 is 0 Å². The molecule has 0 heterocycles. The molecule has 0 saturated heterocycles. The van der Waals surface area contributed by atoms with Crippen molar-refractivity contribution in [2.24, 2.45) is 40.4 Å². The number of Topliss-reactive ketones (excluding diaryl/α,β-unsaturated/α-hetero) is 1. The molecule has 4 saturated carbocycles. The van der Waals surface area contributed by atoms with Gasteiger partial charge >= 0.3 is 0 Å². The van der Waals surface area contributed by atoms with Crippen LogP contribution in [0.3, 0.4) is 0 Å². The molecule has 0 aliphatic heterocycles. The molecule has 0 spiro atoms. The van der Waals surface area contributed by atoms with Gasteiger partial charge in [0.1, 0.15) is 5.78 Å². The smallest absolute Gasteiger partial charge is 0.133 e. The molecule has 0 radical (unpaired) electrons. The molecule has 7 atom stereocenters. The van der Waals surface area contributed by atoms with Gasteiger partial charge in [-0.2, -0.15) is 0 Å². The summed E-state index contributed by atoms with van der Waals surface area (Å²) < 4.78 is 0. The lowest BCUT2D eigenvalue weighted by atomic mass is 9.41. The summed E-state index contributed by atoms with van der Waals surface area (Å²) >= 11 is 0. The zero-order valence-corrected chi connectivity index (χ0v) is 19.6. The number of carbonyl (C=O) groups is 1. The van der Waals surface area contributed by atoms with Gasteiger partial charge in [0, 0.05) is 12.8 Å². The van der Waals surface area contributed by atoms with Crippen LogP contribution in [0.5, 0.6) is 0 Å². The fraction of sp³-hybridized carbons (Fsp3) is 0.964. The second kappa shape index (κ2) is 8.87. The standard InChI is InChI=1S/C27H46O2.CH4/c1-25(2,29)15-6-5-8-19-9-7-10-23-22-12-11-20-18-21(28)13-16-27(20,4)24(22)14-17-26(19,23)3;/h19-20,22-24,29H,5-18H2,1-4H3;1H4/t19?,20?,22?,23?,24?,26-,27+;/m1./s1. The molecule has 0 aromatic carbocycles. The summed E-state index contributed by atoms with van der Waals surface area (Å²) in [5, 5.41) is 10.0. The Hall–Kier alpha value is -0.370. The number of fused-ring (bicyclic) bond motifs is 5. The van der Waals surface area contributed by atoms with Crippen molar-refractivity contribution in [2.45, 2.75) is 131 Å². The fourth-order valence-electron chi connectivity index (χ4n) is 8.78. The molecular formula is C28H50O2. The Morgan fingerprint density at radius 2 is 1.70 bits per heavy atom. The molecule has 2 nitrogen and oxygen atoms in total. The SMILES string of the molecule is C.CC(C)(O)CCCCC1CCCC2C3CCC4CC(=O)CC[C@]4(C)C3CC[C@]12C. The average Bonchev–Trinajstić information content (AvgIpc) is 2.65. The number of carbonyl (C=O) groups excluding carboxylic acids is 1. The molecule has 2 heteroatoms.